The minimum atomic E-state index is -0.583. The molecule has 2 aromatic carbocycles. The van der Waals surface area contributed by atoms with Gasteiger partial charge in [-0.3, -0.25) is 0 Å². The first-order valence-electron chi connectivity index (χ1n) is 11.5. The molecular weight excluding hydrogens is 474 g/mol. The Morgan fingerprint density at radius 1 is 1.08 bits per heavy atom. The molecule has 1 atom stereocenters. The summed E-state index contributed by atoms with van der Waals surface area (Å²) in [7, 11) is 7.28. The van der Waals surface area contributed by atoms with Gasteiger partial charge >= 0.3 is 0 Å². The van der Waals surface area contributed by atoms with Gasteiger partial charge < -0.3 is 28.9 Å². The van der Waals surface area contributed by atoms with E-state index in [9.17, 15) is 0 Å². The second-order valence-corrected chi connectivity index (χ2v) is 9.57. The summed E-state index contributed by atoms with van der Waals surface area (Å²) in [5, 5.41) is 7.57. The SMILES string of the molecule is C#CC(O/N=C1/c2cc(OC)c(OC)cc2-c2[nH]c3ccc(OCCN(C)C)cc3c21)c1cccs1. The Kier molecular flexibility index (Phi) is 6.59. The fourth-order valence-electron chi connectivity index (χ4n) is 4.28. The minimum absolute atomic E-state index is 0.583. The van der Waals surface area contributed by atoms with Gasteiger partial charge in [-0.05, 0) is 55.9 Å². The summed E-state index contributed by atoms with van der Waals surface area (Å²) >= 11 is 1.54. The maximum Gasteiger partial charge on any atom is 0.221 e. The molecule has 184 valence electrons. The van der Waals surface area contributed by atoms with Crippen molar-refractivity contribution in [3.05, 3.63) is 63.8 Å². The number of terminal acetylenes is 1. The summed E-state index contributed by atoms with van der Waals surface area (Å²) in [6.07, 6.45) is 5.20. The monoisotopic (exact) mass is 501 g/mol. The van der Waals surface area contributed by atoms with E-state index in [1.165, 1.54) is 11.3 Å². The number of nitrogens with zero attached hydrogens (tertiary/aromatic N) is 2. The van der Waals surface area contributed by atoms with Gasteiger partial charge in [0.05, 0.1) is 24.8 Å². The highest BCUT2D eigenvalue weighted by Crippen LogP contribution is 2.46. The third-order valence-corrected chi connectivity index (χ3v) is 6.98. The van der Waals surface area contributed by atoms with E-state index in [-0.39, 0.29) is 0 Å². The third-order valence-electron chi connectivity index (χ3n) is 6.06. The topological polar surface area (TPSA) is 68.3 Å². The molecule has 1 unspecified atom stereocenters. The van der Waals surface area contributed by atoms with Crippen molar-refractivity contribution < 1.29 is 19.0 Å². The van der Waals surface area contributed by atoms with Gasteiger partial charge in [-0.2, -0.15) is 0 Å². The highest BCUT2D eigenvalue weighted by Gasteiger charge is 2.32. The average molecular weight is 502 g/mol. The lowest BCUT2D eigenvalue weighted by Gasteiger charge is -2.12. The first-order valence-corrected chi connectivity index (χ1v) is 12.4. The van der Waals surface area contributed by atoms with Gasteiger partial charge in [0.15, 0.2) is 11.5 Å². The van der Waals surface area contributed by atoms with Crippen LogP contribution >= 0.6 is 11.3 Å². The van der Waals surface area contributed by atoms with Gasteiger partial charge in [-0.1, -0.05) is 17.1 Å². The first kappa shape index (κ1) is 23.8. The van der Waals surface area contributed by atoms with E-state index in [1.54, 1.807) is 14.2 Å². The van der Waals surface area contributed by atoms with Crippen molar-refractivity contribution in [2.75, 3.05) is 41.5 Å². The standard InChI is InChI=1S/C28H27N3O4S/c1-6-22(25-8-7-13-36-25)35-30-28-19-16-24(33-5)23(32-4)15-18(19)27-26(28)20-14-17(9-10-21(20)29-27)34-12-11-31(2)3/h1,7-10,13-16,22,29H,11-12H2,2-5H3/b30-28-. The molecule has 4 aromatic rings. The Bertz CT molecular complexity index is 1460. The van der Waals surface area contributed by atoms with Crippen LogP contribution in [-0.4, -0.2) is 57.1 Å². The number of fused-ring (bicyclic) bond motifs is 5. The summed E-state index contributed by atoms with van der Waals surface area (Å²) < 4.78 is 17.2. The fraction of sp³-hybridized carbons (Fsp3) is 0.250. The molecule has 1 N–H and O–H groups in total. The molecule has 8 heteroatoms. The fourth-order valence-corrected chi connectivity index (χ4v) is 4.98. The van der Waals surface area contributed by atoms with Gasteiger partial charge in [-0.15, -0.1) is 17.8 Å². The van der Waals surface area contributed by atoms with Crippen LogP contribution in [0.3, 0.4) is 0 Å². The van der Waals surface area contributed by atoms with Crippen molar-refractivity contribution in [2.24, 2.45) is 5.16 Å². The molecule has 36 heavy (non-hydrogen) atoms. The summed E-state index contributed by atoms with van der Waals surface area (Å²) in [4.78, 5) is 12.5. The lowest BCUT2D eigenvalue weighted by molar-refractivity contribution is 0.103. The number of hydrogen-bond acceptors (Lipinski definition) is 7. The maximum absolute atomic E-state index is 6.01. The van der Waals surface area contributed by atoms with E-state index in [0.717, 1.165) is 50.5 Å². The summed E-state index contributed by atoms with van der Waals surface area (Å²) in [6.45, 7) is 1.42. The van der Waals surface area contributed by atoms with Crippen LogP contribution in [0.1, 0.15) is 22.1 Å². The lowest BCUT2D eigenvalue weighted by Crippen LogP contribution is -2.19. The largest absolute Gasteiger partial charge is 0.493 e. The van der Waals surface area contributed by atoms with E-state index in [1.807, 2.05) is 61.9 Å². The third kappa shape index (κ3) is 4.28. The number of aromatic amines is 1. The van der Waals surface area contributed by atoms with Crippen LogP contribution < -0.4 is 14.2 Å². The Labute approximate surface area is 214 Å². The van der Waals surface area contributed by atoms with Crippen molar-refractivity contribution in [3.63, 3.8) is 0 Å². The second-order valence-electron chi connectivity index (χ2n) is 8.59. The number of H-pyrrole nitrogens is 1. The Hall–Kier alpha value is -3.93. The van der Waals surface area contributed by atoms with Crippen LogP contribution in [0.15, 0.2) is 53.0 Å². The van der Waals surface area contributed by atoms with Crippen LogP contribution in [0.25, 0.3) is 22.2 Å². The van der Waals surface area contributed by atoms with Crippen LogP contribution in [0.5, 0.6) is 17.2 Å². The molecule has 7 nitrogen and oxygen atoms in total. The summed E-state index contributed by atoms with van der Waals surface area (Å²) in [5.74, 6) is 4.73. The zero-order valence-electron chi connectivity index (χ0n) is 20.6. The van der Waals surface area contributed by atoms with Gasteiger partial charge in [0, 0.05) is 34.1 Å². The van der Waals surface area contributed by atoms with Gasteiger partial charge in [-0.25, -0.2) is 0 Å². The van der Waals surface area contributed by atoms with Crippen molar-refractivity contribution >= 4 is 28.0 Å². The Morgan fingerprint density at radius 2 is 1.86 bits per heavy atom. The number of rotatable bonds is 9. The molecule has 1 aliphatic carbocycles. The van der Waals surface area contributed by atoms with E-state index in [0.29, 0.717) is 23.8 Å². The molecule has 1 aliphatic rings. The van der Waals surface area contributed by atoms with Crippen LogP contribution in [-0.2, 0) is 4.84 Å². The maximum atomic E-state index is 6.01. The van der Waals surface area contributed by atoms with E-state index in [4.69, 9.17) is 25.5 Å². The van der Waals surface area contributed by atoms with Crippen molar-refractivity contribution in [1.29, 1.82) is 0 Å². The quantitative estimate of drug-likeness (QED) is 0.219. The van der Waals surface area contributed by atoms with Crippen LogP contribution in [0.4, 0.5) is 0 Å². The minimum Gasteiger partial charge on any atom is -0.493 e. The normalized spacial score (nSPS) is 13.9. The number of thiophene rings is 1. The molecule has 5 rings (SSSR count). The highest BCUT2D eigenvalue weighted by atomic mass is 32.1. The molecule has 0 saturated carbocycles. The number of nitrogens with one attached hydrogen (secondary N) is 1. The number of hydrogen-bond donors (Lipinski definition) is 1. The zero-order valence-corrected chi connectivity index (χ0v) is 21.4. The molecule has 2 aromatic heterocycles. The van der Waals surface area contributed by atoms with Crippen molar-refractivity contribution in [2.45, 2.75) is 6.10 Å². The van der Waals surface area contributed by atoms with Gasteiger partial charge in [0.2, 0.25) is 6.10 Å². The number of aromatic nitrogens is 1. The van der Waals surface area contributed by atoms with Crippen molar-refractivity contribution in [3.8, 4) is 40.8 Å². The predicted octanol–water partition coefficient (Wildman–Crippen LogP) is 5.31. The molecular formula is C28H27N3O4S. The number of methoxy groups -OCH3 is 2. The van der Waals surface area contributed by atoms with Crippen molar-refractivity contribution in [1.82, 2.24) is 9.88 Å². The van der Waals surface area contributed by atoms with Crippen LogP contribution in [0, 0.1) is 12.3 Å². The molecule has 0 amide bonds. The van der Waals surface area contributed by atoms with E-state index < -0.39 is 6.10 Å². The first-order chi connectivity index (χ1) is 17.5. The molecule has 0 saturated heterocycles. The van der Waals surface area contributed by atoms with E-state index in [2.05, 4.69) is 21.0 Å². The predicted molar refractivity (Wildman–Crippen MR) is 144 cm³/mol. The Morgan fingerprint density at radius 3 is 2.53 bits per heavy atom. The molecule has 0 spiro atoms. The molecule has 0 aliphatic heterocycles. The number of oxime groups is 1. The number of likely N-dealkylation sites (N-methyl/N-ethyl adjacent to an activating group) is 1. The molecule has 0 bridgehead atoms. The van der Waals surface area contributed by atoms with E-state index >= 15 is 0 Å². The smallest absolute Gasteiger partial charge is 0.221 e. The highest BCUT2D eigenvalue weighted by molar-refractivity contribution is 7.10. The molecule has 0 radical (unpaired) electrons. The lowest BCUT2D eigenvalue weighted by atomic mass is 10.1. The Balaban J connectivity index is 1.62. The average Bonchev–Trinajstić information content (AvgIpc) is 3.60. The second kappa shape index (κ2) is 9.97. The van der Waals surface area contributed by atoms with Gasteiger partial charge in [0.1, 0.15) is 18.1 Å². The molecule has 2 heterocycles. The summed E-state index contributed by atoms with van der Waals surface area (Å²) in [5.41, 5.74) is 5.33. The number of ether oxygens (including phenoxy) is 3. The molecule has 0 fully saturated rings. The summed E-state index contributed by atoms with van der Waals surface area (Å²) in [6, 6.07) is 13.8. The zero-order chi connectivity index (χ0) is 25.2. The van der Waals surface area contributed by atoms with Gasteiger partial charge in [0.25, 0.3) is 0 Å². The number of benzene rings is 2. The van der Waals surface area contributed by atoms with Crippen LogP contribution in [0.2, 0.25) is 0 Å².